The van der Waals surface area contributed by atoms with Gasteiger partial charge in [-0.25, -0.2) is 39.1 Å². The summed E-state index contributed by atoms with van der Waals surface area (Å²) in [5.74, 6) is -1.53. The zero-order chi connectivity index (χ0) is 45.4. The molecule has 6 N–H and O–H groups in total. The molecule has 4 aromatic heterocycles. The molecule has 4 aromatic rings. The first kappa shape index (κ1) is 48.9. The minimum Gasteiger partial charge on any atom is -0.458 e. The molecule has 0 aliphatic carbocycles. The van der Waals surface area contributed by atoms with Gasteiger partial charge in [0.15, 0.2) is 5.69 Å². The van der Waals surface area contributed by atoms with Crippen molar-refractivity contribution < 1.29 is 51.8 Å². The molecule has 22 heteroatoms. The van der Waals surface area contributed by atoms with E-state index in [4.69, 9.17) is 51.5 Å². The molecule has 60 heavy (non-hydrogen) atoms. The lowest BCUT2D eigenvalue weighted by Gasteiger charge is -2.25. The van der Waals surface area contributed by atoms with Crippen LogP contribution >= 0.6 is 34.9 Å². The van der Waals surface area contributed by atoms with E-state index < -0.39 is 64.5 Å². The minimum atomic E-state index is -1.01. The van der Waals surface area contributed by atoms with Crippen LogP contribution in [-0.2, 0) is 41.4 Å². The SMILES string of the molecule is CC(C)(C)OC(=O)N[C@@H](Cc1nc(-c2nc(C(N)=O)co2)cs1)C(=O)OC(C)(C)C.CC(C)(C)OC(=O)N[C@@H](Cc1nc(-c2nc(C(N)=S)co2)cs1)C(=O)OC(C)(C)C. The molecule has 0 unspecified atom stereocenters. The van der Waals surface area contributed by atoms with E-state index in [0.29, 0.717) is 27.1 Å². The van der Waals surface area contributed by atoms with Gasteiger partial charge in [-0.1, -0.05) is 12.2 Å². The second kappa shape index (κ2) is 19.7. The lowest BCUT2D eigenvalue weighted by molar-refractivity contribution is -0.158. The van der Waals surface area contributed by atoms with Crippen LogP contribution in [0, 0.1) is 0 Å². The molecule has 4 heterocycles. The van der Waals surface area contributed by atoms with Gasteiger partial charge in [-0.2, -0.15) is 0 Å². The zero-order valence-electron chi connectivity index (χ0n) is 35.5. The van der Waals surface area contributed by atoms with E-state index in [9.17, 15) is 24.0 Å². The van der Waals surface area contributed by atoms with Gasteiger partial charge >= 0.3 is 24.1 Å². The van der Waals surface area contributed by atoms with Crippen LogP contribution in [0.4, 0.5) is 9.59 Å². The average Bonchev–Trinajstić information content (AvgIpc) is 3.88. The Morgan fingerprint density at radius 2 is 0.967 bits per heavy atom. The number of nitrogens with zero attached hydrogens (tertiary/aromatic N) is 4. The van der Waals surface area contributed by atoms with E-state index in [-0.39, 0.29) is 35.3 Å². The van der Waals surface area contributed by atoms with Crippen molar-refractivity contribution in [2.75, 3.05) is 0 Å². The molecular formula is C38H52N8O11S3. The molecule has 0 spiro atoms. The van der Waals surface area contributed by atoms with Crippen molar-refractivity contribution >= 4 is 69.9 Å². The fraction of sp³-hybridized carbons (Fsp3) is 0.526. The monoisotopic (exact) mass is 892 g/mol. The second-order valence-corrected chi connectivity index (χ2v) is 19.3. The van der Waals surface area contributed by atoms with Gasteiger partial charge in [-0.05, 0) is 83.1 Å². The number of ether oxygens (including phenoxy) is 4. The van der Waals surface area contributed by atoms with Crippen LogP contribution in [0.15, 0.2) is 32.1 Å². The van der Waals surface area contributed by atoms with Crippen molar-refractivity contribution in [1.82, 2.24) is 30.6 Å². The number of carbonyl (C=O) groups excluding carboxylic acids is 5. The number of thiocarbonyl (C=S) groups is 1. The number of rotatable bonds is 12. The zero-order valence-corrected chi connectivity index (χ0v) is 38.0. The summed E-state index contributed by atoms with van der Waals surface area (Å²) >= 11 is 7.40. The van der Waals surface area contributed by atoms with Crippen molar-refractivity contribution in [1.29, 1.82) is 0 Å². The van der Waals surface area contributed by atoms with Gasteiger partial charge in [0, 0.05) is 23.6 Å². The molecule has 2 atom stereocenters. The van der Waals surface area contributed by atoms with Crippen LogP contribution in [-0.4, -0.2) is 89.4 Å². The molecule has 19 nitrogen and oxygen atoms in total. The molecule has 0 bridgehead atoms. The topological polar surface area (TPSA) is 276 Å². The largest absolute Gasteiger partial charge is 0.458 e. The summed E-state index contributed by atoms with van der Waals surface area (Å²) in [7, 11) is 0. The number of hydrogen-bond acceptors (Lipinski definition) is 18. The van der Waals surface area contributed by atoms with Crippen LogP contribution in [0.1, 0.15) is 109 Å². The summed E-state index contributed by atoms with van der Waals surface area (Å²) in [6, 6.07) is -1.99. The molecule has 0 aromatic carbocycles. The minimum absolute atomic E-state index is 0.0160. The quantitative estimate of drug-likeness (QED) is 0.0733. The number of amides is 3. The standard InChI is InChI=1S/C19H26N4O6S.C19H26N4O5S2/c1-18(2,3)28-16(25)10(23-17(26)29-19(4,5)6)7-13-21-12(9-30-13)15-22-11(8-27-15)14(20)24;1-18(2,3)27-16(24)10(23-17(25)28-19(4,5)6)7-13-21-12(9-30-13)15-22-11(8-26-15)14(20)29/h8-10H,7H2,1-6H3,(H2,20,24)(H,23,26);8-10H,7H2,1-6H3,(H2,20,29)(H,23,25)/t2*10-/m00/s1. The molecule has 0 fully saturated rings. The van der Waals surface area contributed by atoms with Gasteiger partial charge in [0.2, 0.25) is 11.8 Å². The lowest BCUT2D eigenvalue weighted by atomic mass is 10.1. The lowest BCUT2D eigenvalue weighted by Crippen LogP contribution is -2.47. The Kier molecular flexibility index (Phi) is 16.1. The smallest absolute Gasteiger partial charge is 0.408 e. The van der Waals surface area contributed by atoms with Crippen LogP contribution in [0.5, 0.6) is 0 Å². The Hall–Kier alpha value is -5.48. The number of primary amides is 1. The predicted molar refractivity (Wildman–Crippen MR) is 225 cm³/mol. The molecule has 4 rings (SSSR count). The number of hydrogen-bond donors (Lipinski definition) is 4. The summed E-state index contributed by atoms with van der Waals surface area (Å²) in [6.07, 6.45) is 1.22. The highest BCUT2D eigenvalue weighted by molar-refractivity contribution is 7.80. The predicted octanol–water partition coefficient (Wildman–Crippen LogP) is 5.88. The highest BCUT2D eigenvalue weighted by Crippen LogP contribution is 2.25. The van der Waals surface area contributed by atoms with E-state index in [0.717, 1.165) is 6.26 Å². The summed E-state index contributed by atoms with van der Waals surface area (Å²) in [5, 5.41) is 9.60. The summed E-state index contributed by atoms with van der Waals surface area (Å²) in [4.78, 5) is 77.9. The Bertz CT molecular complexity index is 2000. The van der Waals surface area contributed by atoms with Gasteiger partial charge in [0.25, 0.3) is 5.91 Å². The summed E-state index contributed by atoms with van der Waals surface area (Å²) in [6.45, 7) is 20.8. The maximum atomic E-state index is 12.6. The van der Waals surface area contributed by atoms with Gasteiger partial charge in [-0.3, -0.25) is 4.79 Å². The van der Waals surface area contributed by atoms with Crippen molar-refractivity contribution in [3.63, 3.8) is 0 Å². The van der Waals surface area contributed by atoms with Crippen LogP contribution in [0.3, 0.4) is 0 Å². The average molecular weight is 893 g/mol. The Balaban J connectivity index is 0.000000320. The summed E-state index contributed by atoms with van der Waals surface area (Å²) in [5.41, 5.74) is 9.02. The van der Waals surface area contributed by atoms with Gasteiger partial charge < -0.3 is 49.9 Å². The molecule has 0 aliphatic rings. The van der Waals surface area contributed by atoms with Crippen molar-refractivity contribution in [2.45, 2.75) is 130 Å². The second-order valence-electron chi connectivity index (χ2n) is 16.9. The van der Waals surface area contributed by atoms with E-state index in [1.54, 1.807) is 93.8 Å². The number of nitrogens with one attached hydrogen (secondary N) is 2. The number of oxazole rings is 2. The fourth-order valence-corrected chi connectivity index (χ4v) is 6.12. The van der Waals surface area contributed by atoms with Gasteiger partial charge in [-0.15, -0.1) is 22.7 Å². The third-order valence-electron chi connectivity index (χ3n) is 6.58. The molecule has 0 saturated heterocycles. The number of thiazole rings is 2. The highest BCUT2D eigenvalue weighted by atomic mass is 32.1. The fourth-order valence-electron chi connectivity index (χ4n) is 4.40. The number of alkyl carbamates (subject to hydrolysis) is 2. The van der Waals surface area contributed by atoms with Crippen molar-refractivity contribution in [2.24, 2.45) is 11.5 Å². The molecule has 0 radical (unpaired) electrons. The first-order valence-electron chi connectivity index (χ1n) is 18.3. The number of carbonyl (C=O) groups is 5. The third-order valence-corrected chi connectivity index (χ3v) is 8.53. The first-order valence-corrected chi connectivity index (χ1v) is 20.5. The summed E-state index contributed by atoms with van der Waals surface area (Å²) < 4.78 is 31.9. The third kappa shape index (κ3) is 17.0. The molecule has 328 valence electrons. The normalized spacial score (nSPS) is 12.9. The Morgan fingerprint density at radius 1 is 0.617 bits per heavy atom. The molecule has 0 saturated carbocycles. The number of nitrogens with two attached hydrogens (primary N) is 2. The van der Waals surface area contributed by atoms with Crippen molar-refractivity contribution in [3.05, 3.63) is 44.7 Å². The van der Waals surface area contributed by atoms with Crippen LogP contribution in [0.25, 0.3) is 23.2 Å². The highest BCUT2D eigenvalue weighted by Gasteiger charge is 2.32. The maximum Gasteiger partial charge on any atom is 0.408 e. The number of aromatic nitrogens is 4. The van der Waals surface area contributed by atoms with E-state index in [2.05, 4.69) is 30.6 Å². The van der Waals surface area contributed by atoms with Crippen LogP contribution in [0.2, 0.25) is 0 Å². The molecule has 3 amide bonds. The Labute approximate surface area is 360 Å². The van der Waals surface area contributed by atoms with Crippen LogP contribution < -0.4 is 22.1 Å². The molecule has 0 aliphatic heterocycles. The molecular weight excluding hydrogens is 841 g/mol. The number of esters is 2. The van der Waals surface area contributed by atoms with E-state index in [1.807, 2.05) is 0 Å². The maximum absolute atomic E-state index is 12.6. The van der Waals surface area contributed by atoms with Gasteiger partial charge in [0.1, 0.15) is 69.1 Å². The van der Waals surface area contributed by atoms with Crippen molar-refractivity contribution in [3.8, 4) is 23.2 Å². The van der Waals surface area contributed by atoms with E-state index >= 15 is 0 Å². The van der Waals surface area contributed by atoms with Gasteiger partial charge in [0.05, 0.1) is 10.0 Å². The Morgan fingerprint density at radius 3 is 1.27 bits per heavy atom. The van der Waals surface area contributed by atoms with E-state index in [1.165, 1.54) is 28.9 Å². The first-order chi connectivity index (χ1) is 27.5.